The molecule has 6 nitrogen and oxygen atoms in total. The second-order valence-electron chi connectivity index (χ2n) is 8.94. The molecule has 2 N–H and O–H groups in total. The highest BCUT2D eigenvalue weighted by Gasteiger charge is 2.32. The third kappa shape index (κ3) is 5.03. The molecule has 32 heavy (non-hydrogen) atoms. The molecule has 1 aliphatic carbocycles. The summed E-state index contributed by atoms with van der Waals surface area (Å²) >= 11 is 0. The van der Waals surface area contributed by atoms with Gasteiger partial charge in [0.1, 0.15) is 5.82 Å². The summed E-state index contributed by atoms with van der Waals surface area (Å²) < 4.78 is 0. The third-order valence-electron chi connectivity index (χ3n) is 6.94. The molecule has 0 spiro atoms. The van der Waals surface area contributed by atoms with Crippen molar-refractivity contribution in [1.29, 1.82) is 0 Å². The van der Waals surface area contributed by atoms with Crippen LogP contribution in [-0.4, -0.2) is 53.0 Å². The van der Waals surface area contributed by atoms with Crippen LogP contribution >= 0.6 is 24.8 Å². The average Bonchev–Trinajstić information content (AvgIpc) is 3.28. The number of amides is 1. The normalized spacial score (nSPS) is 19.2. The van der Waals surface area contributed by atoms with Crippen molar-refractivity contribution in [1.82, 2.24) is 14.9 Å². The Kier molecular flexibility index (Phi) is 8.37. The molecule has 0 bridgehead atoms. The number of piperidine rings is 2. The van der Waals surface area contributed by atoms with Crippen molar-refractivity contribution in [3.63, 3.8) is 0 Å². The Morgan fingerprint density at radius 3 is 2.28 bits per heavy atom. The molecule has 0 saturated carbocycles. The number of anilines is 1. The minimum atomic E-state index is 0. The minimum absolute atomic E-state index is 0. The van der Waals surface area contributed by atoms with Gasteiger partial charge in [-0.05, 0) is 44.9 Å². The lowest BCUT2D eigenvalue weighted by Gasteiger charge is -2.37. The van der Waals surface area contributed by atoms with Crippen molar-refractivity contribution >= 4 is 36.5 Å². The van der Waals surface area contributed by atoms with Crippen molar-refractivity contribution in [2.24, 2.45) is 11.7 Å². The maximum atomic E-state index is 13.0. The highest BCUT2D eigenvalue weighted by molar-refractivity contribution is 5.85. The Balaban J connectivity index is 0.00000144. The number of hydrogen-bond acceptors (Lipinski definition) is 5. The van der Waals surface area contributed by atoms with Gasteiger partial charge in [-0.15, -0.1) is 24.8 Å². The first-order valence-corrected chi connectivity index (χ1v) is 11.4. The molecule has 0 atom stereocenters. The number of halogens is 2. The summed E-state index contributed by atoms with van der Waals surface area (Å²) in [6.07, 6.45) is 6.92. The van der Waals surface area contributed by atoms with Gasteiger partial charge in [-0.2, -0.15) is 0 Å². The molecule has 3 heterocycles. The number of nitrogens with zero attached hydrogens (tertiary/aromatic N) is 4. The van der Waals surface area contributed by atoms with Crippen molar-refractivity contribution in [3.8, 4) is 11.4 Å². The number of carbonyl (C=O) groups is 1. The lowest BCUT2D eigenvalue weighted by molar-refractivity contribution is -0.137. The van der Waals surface area contributed by atoms with E-state index in [1.807, 2.05) is 23.1 Å². The minimum Gasteiger partial charge on any atom is -0.356 e. The fraction of sp³-hybridized carbons (Fsp3) is 0.542. The predicted octanol–water partition coefficient (Wildman–Crippen LogP) is 3.64. The molecule has 174 valence electrons. The molecular formula is C24H33Cl2N5O. The van der Waals surface area contributed by atoms with Crippen molar-refractivity contribution in [2.45, 2.75) is 51.0 Å². The third-order valence-corrected chi connectivity index (χ3v) is 6.94. The average molecular weight is 478 g/mol. The second kappa shape index (κ2) is 10.8. The zero-order valence-electron chi connectivity index (χ0n) is 18.4. The van der Waals surface area contributed by atoms with Gasteiger partial charge in [0.15, 0.2) is 5.82 Å². The Labute approximate surface area is 202 Å². The zero-order valence-corrected chi connectivity index (χ0v) is 20.0. The summed E-state index contributed by atoms with van der Waals surface area (Å²) in [5.41, 5.74) is 9.60. The number of benzene rings is 1. The first-order chi connectivity index (χ1) is 14.7. The largest absolute Gasteiger partial charge is 0.356 e. The lowest BCUT2D eigenvalue weighted by Crippen LogP contribution is -2.47. The highest BCUT2D eigenvalue weighted by Crippen LogP contribution is 2.34. The fourth-order valence-electron chi connectivity index (χ4n) is 5.11. The molecular weight excluding hydrogens is 445 g/mol. The van der Waals surface area contributed by atoms with Crippen molar-refractivity contribution in [3.05, 3.63) is 41.6 Å². The van der Waals surface area contributed by atoms with Crippen LogP contribution in [0.25, 0.3) is 11.4 Å². The van der Waals surface area contributed by atoms with E-state index >= 15 is 0 Å². The first kappa shape index (κ1) is 24.7. The monoisotopic (exact) mass is 477 g/mol. The lowest BCUT2D eigenvalue weighted by atomic mass is 9.93. The summed E-state index contributed by atoms with van der Waals surface area (Å²) in [6, 6.07) is 10.5. The number of fused-ring (bicyclic) bond motifs is 1. The first-order valence-electron chi connectivity index (χ1n) is 11.4. The molecule has 0 radical (unpaired) electrons. The molecule has 5 rings (SSSR count). The van der Waals surface area contributed by atoms with Crippen molar-refractivity contribution in [2.75, 3.05) is 31.1 Å². The van der Waals surface area contributed by atoms with Crippen LogP contribution in [-0.2, 0) is 17.6 Å². The van der Waals surface area contributed by atoms with Gasteiger partial charge >= 0.3 is 0 Å². The van der Waals surface area contributed by atoms with Gasteiger partial charge in [0.2, 0.25) is 5.91 Å². The molecule has 8 heteroatoms. The van der Waals surface area contributed by atoms with Crippen molar-refractivity contribution < 1.29 is 4.79 Å². The van der Waals surface area contributed by atoms with Gasteiger partial charge in [0, 0.05) is 55.0 Å². The van der Waals surface area contributed by atoms with E-state index in [0.717, 1.165) is 88.3 Å². The summed E-state index contributed by atoms with van der Waals surface area (Å²) in [6.45, 7) is 3.42. The standard InChI is InChI=1S/C24H31N5O.2ClH/c25-19-11-15-29(16-12-19)24(30)18-9-13-28(14-10-18)23-20-7-4-8-21(20)26-22(27-23)17-5-2-1-3-6-17;;/h1-3,5-6,18-19H,4,7-16,25H2;2*1H. The van der Waals surface area contributed by atoms with Crippen LogP contribution in [0, 0.1) is 5.92 Å². The van der Waals surface area contributed by atoms with Crippen LogP contribution < -0.4 is 10.6 Å². The highest BCUT2D eigenvalue weighted by atomic mass is 35.5. The van der Waals surface area contributed by atoms with Crippen LogP contribution in [0.3, 0.4) is 0 Å². The number of likely N-dealkylation sites (tertiary alicyclic amines) is 1. The summed E-state index contributed by atoms with van der Waals surface area (Å²) in [4.78, 5) is 27.3. The molecule has 0 unspecified atom stereocenters. The maximum absolute atomic E-state index is 13.0. The van der Waals surface area contributed by atoms with Gasteiger partial charge in [-0.1, -0.05) is 30.3 Å². The van der Waals surface area contributed by atoms with E-state index in [2.05, 4.69) is 17.0 Å². The molecule has 2 aromatic rings. The van der Waals surface area contributed by atoms with E-state index in [-0.39, 0.29) is 36.8 Å². The number of aryl methyl sites for hydroxylation is 1. The fourth-order valence-corrected chi connectivity index (χ4v) is 5.11. The molecule has 2 aliphatic heterocycles. The van der Waals surface area contributed by atoms with Crippen LogP contribution in [0.5, 0.6) is 0 Å². The SMILES string of the molecule is Cl.Cl.NC1CCN(C(=O)C2CCN(c3nc(-c4ccccc4)nc4c3CCC4)CC2)CC1. The predicted molar refractivity (Wildman–Crippen MR) is 133 cm³/mol. The van der Waals surface area contributed by atoms with E-state index in [0.29, 0.717) is 5.91 Å². The Morgan fingerprint density at radius 1 is 0.906 bits per heavy atom. The van der Waals surface area contributed by atoms with Gasteiger partial charge in [0.05, 0.1) is 0 Å². The van der Waals surface area contributed by atoms with Gasteiger partial charge < -0.3 is 15.5 Å². The Bertz CT molecular complexity index is 910. The maximum Gasteiger partial charge on any atom is 0.225 e. The van der Waals surface area contributed by atoms with E-state index in [9.17, 15) is 4.79 Å². The number of hydrogen-bond donors (Lipinski definition) is 1. The quantitative estimate of drug-likeness (QED) is 0.729. The molecule has 1 aromatic carbocycles. The van der Waals surface area contributed by atoms with Crippen LogP contribution in [0.2, 0.25) is 0 Å². The number of carbonyl (C=O) groups excluding carboxylic acids is 1. The molecule has 2 fully saturated rings. The molecule has 1 amide bonds. The van der Waals surface area contributed by atoms with Gasteiger partial charge in [0.25, 0.3) is 0 Å². The van der Waals surface area contributed by atoms with Crippen LogP contribution in [0.1, 0.15) is 43.4 Å². The number of aromatic nitrogens is 2. The summed E-state index contributed by atoms with van der Waals surface area (Å²) in [7, 11) is 0. The van der Waals surface area contributed by atoms with Gasteiger partial charge in [-0.3, -0.25) is 4.79 Å². The Morgan fingerprint density at radius 2 is 1.59 bits per heavy atom. The topological polar surface area (TPSA) is 75.3 Å². The summed E-state index contributed by atoms with van der Waals surface area (Å²) in [5, 5.41) is 0. The van der Waals surface area contributed by atoms with E-state index in [4.69, 9.17) is 15.7 Å². The molecule has 1 aromatic heterocycles. The summed E-state index contributed by atoms with van der Waals surface area (Å²) in [5.74, 6) is 2.40. The van der Waals surface area contributed by atoms with E-state index < -0.39 is 0 Å². The van der Waals surface area contributed by atoms with Crippen LogP contribution in [0.4, 0.5) is 5.82 Å². The van der Waals surface area contributed by atoms with E-state index in [1.165, 1.54) is 11.3 Å². The van der Waals surface area contributed by atoms with E-state index in [1.54, 1.807) is 0 Å². The Hall–Kier alpha value is -1.89. The number of nitrogens with two attached hydrogens (primary N) is 1. The van der Waals surface area contributed by atoms with Crippen LogP contribution in [0.15, 0.2) is 30.3 Å². The second-order valence-corrected chi connectivity index (χ2v) is 8.94. The molecule has 2 saturated heterocycles. The molecule has 3 aliphatic rings. The number of rotatable bonds is 3. The van der Waals surface area contributed by atoms with Gasteiger partial charge in [-0.25, -0.2) is 9.97 Å². The smallest absolute Gasteiger partial charge is 0.225 e. The zero-order chi connectivity index (χ0) is 20.5.